The number of nitrogens with two attached hydrogens (primary N) is 1. The quantitative estimate of drug-likeness (QED) is 0.340. The van der Waals surface area contributed by atoms with E-state index in [2.05, 4.69) is 5.10 Å². The molecule has 0 saturated carbocycles. The Balaban J connectivity index is 3.18. The van der Waals surface area contributed by atoms with Crippen molar-refractivity contribution in [1.29, 1.82) is 0 Å². The van der Waals surface area contributed by atoms with Crippen LogP contribution in [0.25, 0.3) is 0 Å². The Labute approximate surface area is 79.0 Å². The predicted octanol–water partition coefficient (Wildman–Crippen LogP) is 1.54. The number of non-ortho nitro benzene ring substituents is 1. The standard InChI is InChI=1S/C7H6ClN3O2/c8-6-1-5(4-10-9)2-7(3-6)11(12)13/h1-4H,9H2. The van der Waals surface area contributed by atoms with Crippen molar-refractivity contribution in [1.82, 2.24) is 0 Å². The molecule has 0 unspecified atom stereocenters. The van der Waals surface area contributed by atoms with Crippen LogP contribution in [-0.4, -0.2) is 11.1 Å². The van der Waals surface area contributed by atoms with Gasteiger partial charge in [-0.15, -0.1) is 0 Å². The molecule has 0 aromatic heterocycles. The van der Waals surface area contributed by atoms with Crippen molar-refractivity contribution in [3.63, 3.8) is 0 Å². The van der Waals surface area contributed by atoms with E-state index < -0.39 is 4.92 Å². The number of halogens is 1. The van der Waals surface area contributed by atoms with Crippen LogP contribution in [0.2, 0.25) is 5.02 Å². The Kier molecular flexibility index (Phi) is 2.81. The summed E-state index contributed by atoms with van der Waals surface area (Å²) in [6, 6.07) is 4.13. The molecule has 0 amide bonds. The van der Waals surface area contributed by atoms with Gasteiger partial charge in [-0.1, -0.05) is 11.6 Å². The molecule has 1 aromatic carbocycles. The lowest BCUT2D eigenvalue weighted by atomic mass is 10.2. The maximum atomic E-state index is 10.4. The topological polar surface area (TPSA) is 81.5 Å². The highest BCUT2D eigenvalue weighted by atomic mass is 35.5. The predicted molar refractivity (Wildman–Crippen MR) is 49.9 cm³/mol. The van der Waals surface area contributed by atoms with Crippen molar-refractivity contribution in [2.45, 2.75) is 0 Å². The van der Waals surface area contributed by atoms with E-state index >= 15 is 0 Å². The number of hydrazone groups is 1. The fraction of sp³-hybridized carbons (Fsp3) is 0. The van der Waals surface area contributed by atoms with Crippen LogP contribution in [0, 0.1) is 10.1 Å². The van der Waals surface area contributed by atoms with Gasteiger partial charge < -0.3 is 5.84 Å². The smallest absolute Gasteiger partial charge is 0.271 e. The monoisotopic (exact) mass is 199 g/mol. The van der Waals surface area contributed by atoms with E-state index in [0.717, 1.165) is 0 Å². The van der Waals surface area contributed by atoms with Crippen LogP contribution in [0.4, 0.5) is 5.69 Å². The van der Waals surface area contributed by atoms with Crippen molar-refractivity contribution in [2.75, 3.05) is 0 Å². The summed E-state index contributed by atoms with van der Waals surface area (Å²) >= 11 is 5.62. The Bertz CT molecular complexity index is 365. The lowest BCUT2D eigenvalue weighted by Gasteiger charge is -1.95. The Morgan fingerprint density at radius 3 is 2.77 bits per heavy atom. The second-order valence-corrected chi connectivity index (χ2v) is 2.71. The van der Waals surface area contributed by atoms with Gasteiger partial charge in [0.25, 0.3) is 5.69 Å². The molecule has 0 fully saturated rings. The van der Waals surface area contributed by atoms with Gasteiger partial charge in [0, 0.05) is 22.7 Å². The molecular weight excluding hydrogens is 194 g/mol. The molecule has 0 spiro atoms. The van der Waals surface area contributed by atoms with Crippen LogP contribution >= 0.6 is 11.6 Å². The average Bonchev–Trinajstić information content (AvgIpc) is 2.03. The zero-order valence-electron chi connectivity index (χ0n) is 6.48. The van der Waals surface area contributed by atoms with Gasteiger partial charge in [-0.3, -0.25) is 10.1 Å². The molecular formula is C7H6ClN3O2. The maximum Gasteiger partial charge on any atom is 0.271 e. The summed E-state index contributed by atoms with van der Waals surface area (Å²) in [6.07, 6.45) is 1.29. The van der Waals surface area contributed by atoms with E-state index in [0.29, 0.717) is 5.56 Å². The molecule has 0 bridgehead atoms. The molecule has 0 aliphatic rings. The molecule has 0 heterocycles. The minimum atomic E-state index is -0.528. The number of rotatable bonds is 2. The fourth-order valence-corrected chi connectivity index (χ4v) is 1.10. The lowest BCUT2D eigenvalue weighted by Crippen LogP contribution is -1.91. The molecule has 0 radical (unpaired) electrons. The highest BCUT2D eigenvalue weighted by molar-refractivity contribution is 6.31. The van der Waals surface area contributed by atoms with Gasteiger partial charge in [-0.2, -0.15) is 5.10 Å². The highest BCUT2D eigenvalue weighted by Crippen LogP contribution is 2.19. The number of benzene rings is 1. The van der Waals surface area contributed by atoms with Gasteiger partial charge in [0.05, 0.1) is 11.1 Å². The third kappa shape index (κ3) is 2.41. The molecule has 68 valence electrons. The number of hydrogen-bond donors (Lipinski definition) is 1. The molecule has 5 nitrogen and oxygen atoms in total. The van der Waals surface area contributed by atoms with Crippen LogP contribution in [0.15, 0.2) is 23.3 Å². The molecule has 0 aliphatic carbocycles. The van der Waals surface area contributed by atoms with Crippen molar-refractivity contribution in [2.24, 2.45) is 10.9 Å². The van der Waals surface area contributed by atoms with Gasteiger partial charge in [0.1, 0.15) is 0 Å². The first-order valence-corrected chi connectivity index (χ1v) is 3.69. The van der Waals surface area contributed by atoms with E-state index in [1.54, 1.807) is 0 Å². The Morgan fingerprint density at radius 2 is 2.23 bits per heavy atom. The summed E-state index contributed by atoms with van der Waals surface area (Å²) in [6.45, 7) is 0. The lowest BCUT2D eigenvalue weighted by molar-refractivity contribution is -0.384. The van der Waals surface area contributed by atoms with Crippen molar-refractivity contribution in [3.05, 3.63) is 38.9 Å². The molecule has 0 atom stereocenters. The molecule has 0 saturated heterocycles. The number of hydrogen-bond acceptors (Lipinski definition) is 4. The Morgan fingerprint density at radius 1 is 1.54 bits per heavy atom. The van der Waals surface area contributed by atoms with Crippen LogP contribution in [0.1, 0.15) is 5.56 Å². The van der Waals surface area contributed by atoms with Crippen molar-refractivity contribution >= 4 is 23.5 Å². The minimum Gasteiger partial charge on any atom is -0.323 e. The van der Waals surface area contributed by atoms with E-state index in [9.17, 15) is 10.1 Å². The van der Waals surface area contributed by atoms with Crippen LogP contribution in [-0.2, 0) is 0 Å². The van der Waals surface area contributed by atoms with Gasteiger partial charge in [0.15, 0.2) is 0 Å². The molecule has 2 N–H and O–H groups in total. The summed E-state index contributed by atoms with van der Waals surface area (Å²) < 4.78 is 0. The number of nitrogens with zero attached hydrogens (tertiary/aromatic N) is 2. The summed E-state index contributed by atoms with van der Waals surface area (Å²) in [5.41, 5.74) is 0.420. The second kappa shape index (κ2) is 3.86. The number of nitro groups is 1. The largest absolute Gasteiger partial charge is 0.323 e. The zero-order chi connectivity index (χ0) is 9.84. The summed E-state index contributed by atoms with van der Waals surface area (Å²) in [7, 11) is 0. The Hall–Kier alpha value is -1.62. The molecule has 1 rings (SSSR count). The van der Waals surface area contributed by atoms with E-state index in [-0.39, 0.29) is 10.7 Å². The zero-order valence-corrected chi connectivity index (χ0v) is 7.23. The normalized spacial score (nSPS) is 10.5. The van der Waals surface area contributed by atoms with Gasteiger partial charge in [0.2, 0.25) is 0 Å². The summed E-state index contributed by atoms with van der Waals surface area (Å²) in [5, 5.41) is 13.9. The molecule has 0 aliphatic heterocycles. The third-order valence-electron chi connectivity index (χ3n) is 1.34. The van der Waals surface area contributed by atoms with Crippen LogP contribution in [0.3, 0.4) is 0 Å². The molecule has 13 heavy (non-hydrogen) atoms. The first kappa shape index (κ1) is 9.47. The van der Waals surface area contributed by atoms with Crippen molar-refractivity contribution in [3.8, 4) is 0 Å². The number of nitro benzene ring substituents is 1. The van der Waals surface area contributed by atoms with Gasteiger partial charge in [-0.05, 0) is 6.07 Å². The molecule has 6 heteroatoms. The second-order valence-electron chi connectivity index (χ2n) is 2.28. The van der Waals surface area contributed by atoms with Gasteiger partial charge >= 0.3 is 0 Å². The van der Waals surface area contributed by atoms with Crippen LogP contribution in [0.5, 0.6) is 0 Å². The summed E-state index contributed by atoms with van der Waals surface area (Å²) in [5.74, 6) is 4.89. The van der Waals surface area contributed by atoms with E-state index in [1.807, 2.05) is 0 Å². The fourth-order valence-electron chi connectivity index (χ4n) is 0.862. The third-order valence-corrected chi connectivity index (χ3v) is 1.56. The highest BCUT2D eigenvalue weighted by Gasteiger charge is 2.07. The first-order valence-electron chi connectivity index (χ1n) is 3.31. The maximum absolute atomic E-state index is 10.4. The molecule has 1 aromatic rings. The summed E-state index contributed by atoms with van der Waals surface area (Å²) in [4.78, 5) is 9.85. The first-order chi connectivity index (χ1) is 6.13. The van der Waals surface area contributed by atoms with Crippen molar-refractivity contribution < 1.29 is 4.92 Å². The average molecular weight is 200 g/mol. The van der Waals surface area contributed by atoms with E-state index in [1.165, 1.54) is 24.4 Å². The minimum absolute atomic E-state index is 0.0811. The van der Waals surface area contributed by atoms with Crippen LogP contribution < -0.4 is 5.84 Å². The SMILES string of the molecule is NN=Cc1cc(Cl)cc([N+](=O)[O-])c1. The van der Waals surface area contributed by atoms with Gasteiger partial charge in [-0.25, -0.2) is 0 Å². The van der Waals surface area contributed by atoms with E-state index in [4.69, 9.17) is 17.4 Å².